The van der Waals surface area contributed by atoms with Crippen LogP contribution in [0.4, 0.5) is 4.39 Å². The van der Waals surface area contributed by atoms with Gasteiger partial charge in [-0.05, 0) is 43.4 Å². The van der Waals surface area contributed by atoms with Crippen LogP contribution in [0.3, 0.4) is 0 Å². The van der Waals surface area contributed by atoms with Crippen molar-refractivity contribution in [3.63, 3.8) is 0 Å². The number of carboxylic acids is 1. The number of carboxylic acid groups (broad SMARTS) is 1. The van der Waals surface area contributed by atoms with Gasteiger partial charge in [0.25, 0.3) is 0 Å². The summed E-state index contributed by atoms with van der Waals surface area (Å²) in [5.41, 5.74) is 0.0218. The first-order chi connectivity index (χ1) is 8.02. The molecule has 92 valence electrons. The summed E-state index contributed by atoms with van der Waals surface area (Å²) in [6, 6.07) is 6.09. The van der Waals surface area contributed by atoms with Crippen molar-refractivity contribution < 1.29 is 14.3 Å². The third-order valence-corrected chi connectivity index (χ3v) is 3.41. The normalized spacial score (nSPS) is 18.7. The fraction of sp³-hybridized carbons (Fsp3) is 0.462. The topological polar surface area (TPSA) is 49.3 Å². The molecule has 1 aliphatic carbocycles. The largest absolute Gasteiger partial charge is 0.480 e. The predicted octanol–water partition coefficient (Wildman–Crippen LogP) is 2.17. The van der Waals surface area contributed by atoms with Gasteiger partial charge in [0.15, 0.2) is 0 Å². The zero-order chi connectivity index (χ0) is 12.5. The average molecular weight is 237 g/mol. The predicted molar refractivity (Wildman–Crippen MR) is 62.0 cm³/mol. The molecular formula is C13H16FNO2. The van der Waals surface area contributed by atoms with E-state index >= 15 is 0 Å². The summed E-state index contributed by atoms with van der Waals surface area (Å²) in [7, 11) is 0. The van der Waals surface area contributed by atoms with Crippen LogP contribution in [0.25, 0.3) is 0 Å². The molecule has 3 nitrogen and oxygen atoms in total. The van der Waals surface area contributed by atoms with Crippen molar-refractivity contribution in [3.05, 3.63) is 35.6 Å². The van der Waals surface area contributed by atoms with Gasteiger partial charge in [-0.2, -0.15) is 0 Å². The van der Waals surface area contributed by atoms with Crippen LogP contribution >= 0.6 is 0 Å². The number of aliphatic carboxylic acids is 1. The second kappa shape index (κ2) is 4.45. The first kappa shape index (κ1) is 12.0. The lowest BCUT2D eigenvalue weighted by molar-refractivity contribution is -0.145. The lowest BCUT2D eigenvalue weighted by atomic mass is 9.95. The van der Waals surface area contributed by atoms with Gasteiger partial charge in [-0.3, -0.25) is 10.1 Å². The van der Waals surface area contributed by atoms with Crippen molar-refractivity contribution in [2.75, 3.05) is 0 Å². The minimum atomic E-state index is -0.867. The lowest BCUT2D eigenvalue weighted by Crippen LogP contribution is -2.51. The molecule has 0 bridgehead atoms. The van der Waals surface area contributed by atoms with Crippen LogP contribution in [0, 0.1) is 11.7 Å². The number of carbonyl (C=O) groups is 1. The monoisotopic (exact) mass is 237 g/mol. The van der Waals surface area contributed by atoms with Crippen LogP contribution in [0.5, 0.6) is 0 Å². The molecule has 0 aliphatic heterocycles. The Balaban J connectivity index is 2.00. The molecule has 0 saturated heterocycles. The highest BCUT2D eigenvalue weighted by molar-refractivity contribution is 5.79. The van der Waals surface area contributed by atoms with E-state index in [0.29, 0.717) is 6.54 Å². The van der Waals surface area contributed by atoms with Crippen molar-refractivity contribution in [2.24, 2.45) is 5.92 Å². The number of hydrogen-bond donors (Lipinski definition) is 2. The van der Waals surface area contributed by atoms with Gasteiger partial charge >= 0.3 is 5.97 Å². The molecule has 1 fully saturated rings. The quantitative estimate of drug-likeness (QED) is 0.825. The summed E-state index contributed by atoms with van der Waals surface area (Å²) in [4.78, 5) is 11.3. The maximum atomic E-state index is 12.7. The van der Waals surface area contributed by atoms with E-state index in [1.165, 1.54) is 12.1 Å². The molecule has 0 spiro atoms. The molecule has 0 heterocycles. The molecule has 0 amide bonds. The molecule has 0 radical (unpaired) electrons. The Labute approximate surface area is 99.7 Å². The molecule has 17 heavy (non-hydrogen) atoms. The van der Waals surface area contributed by atoms with E-state index in [-0.39, 0.29) is 11.7 Å². The molecule has 1 saturated carbocycles. The first-order valence-electron chi connectivity index (χ1n) is 5.75. The Morgan fingerprint density at radius 2 is 2.06 bits per heavy atom. The fourth-order valence-corrected chi connectivity index (χ4v) is 1.94. The number of rotatable bonds is 5. The Morgan fingerprint density at radius 1 is 1.47 bits per heavy atom. The standard InChI is InChI=1S/C13H16FNO2/c1-13(12(16)17,10-4-5-10)15-8-9-2-6-11(14)7-3-9/h2-3,6-7,10,15H,4-5,8H2,1H3,(H,16,17). The van der Waals surface area contributed by atoms with Crippen molar-refractivity contribution in [3.8, 4) is 0 Å². The van der Waals surface area contributed by atoms with Crippen LogP contribution < -0.4 is 5.32 Å². The molecule has 1 aromatic rings. The third kappa shape index (κ3) is 2.64. The van der Waals surface area contributed by atoms with Crippen molar-refractivity contribution in [2.45, 2.75) is 31.8 Å². The molecule has 1 atom stereocenters. The van der Waals surface area contributed by atoms with Crippen LogP contribution in [0.1, 0.15) is 25.3 Å². The zero-order valence-electron chi connectivity index (χ0n) is 9.74. The SMILES string of the molecule is CC(NCc1ccc(F)cc1)(C(=O)O)C1CC1. The van der Waals surface area contributed by atoms with E-state index in [9.17, 15) is 14.3 Å². The van der Waals surface area contributed by atoms with Crippen molar-refractivity contribution >= 4 is 5.97 Å². The van der Waals surface area contributed by atoms with Crippen LogP contribution in [0.15, 0.2) is 24.3 Å². The highest BCUT2D eigenvalue weighted by Gasteiger charge is 2.46. The molecule has 2 rings (SSSR count). The number of benzene rings is 1. The molecule has 1 unspecified atom stereocenters. The summed E-state index contributed by atoms with van der Waals surface area (Å²) >= 11 is 0. The highest BCUT2D eigenvalue weighted by atomic mass is 19.1. The summed E-state index contributed by atoms with van der Waals surface area (Å²) < 4.78 is 12.7. The lowest BCUT2D eigenvalue weighted by Gasteiger charge is -2.26. The van der Waals surface area contributed by atoms with Gasteiger partial charge < -0.3 is 5.11 Å². The summed E-state index contributed by atoms with van der Waals surface area (Å²) in [6.45, 7) is 2.16. The van der Waals surface area contributed by atoms with E-state index in [4.69, 9.17) is 0 Å². The van der Waals surface area contributed by atoms with Crippen LogP contribution in [-0.4, -0.2) is 16.6 Å². The van der Waals surface area contributed by atoms with Crippen molar-refractivity contribution in [1.29, 1.82) is 0 Å². The number of halogens is 1. The summed E-state index contributed by atoms with van der Waals surface area (Å²) in [5.74, 6) is -0.889. The Morgan fingerprint density at radius 3 is 2.53 bits per heavy atom. The maximum Gasteiger partial charge on any atom is 0.323 e. The Hall–Kier alpha value is -1.42. The molecule has 1 aliphatic rings. The fourth-order valence-electron chi connectivity index (χ4n) is 1.94. The van der Waals surface area contributed by atoms with E-state index in [1.807, 2.05) is 0 Å². The van der Waals surface area contributed by atoms with E-state index < -0.39 is 11.5 Å². The number of hydrogen-bond acceptors (Lipinski definition) is 2. The molecule has 1 aromatic carbocycles. The Kier molecular flexibility index (Phi) is 3.15. The Bertz CT molecular complexity index is 414. The zero-order valence-corrected chi connectivity index (χ0v) is 9.74. The van der Waals surface area contributed by atoms with Gasteiger partial charge in [-0.1, -0.05) is 12.1 Å². The van der Waals surface area contributed by atoms with Gasteiger partial charge in [0, 0.05) is 6.54 Å². The first-order valence-corrected chi connectivity index (χ1v) is 5.75. The molecule has 0 aromatic heterocycles. The van der Waals surface area contributed by atoms with Gasteiger partial charge in [0.05, 0.1) is 0 Å². The van der Waals surface area contributed by atoms with Crippen LogP contribution in [0.2, 0.25) is 0 Å². The minimum Gasteiger partial charge on any atom is -0.480 e. The molecule has 4 heteroatoms. The van der Waals surface area contributed by atoms with Gasteiger partial charge in [0.1, 0.15) is 11.4 Å². The maximum absolute atomic E-state index is 12.7. The summed E-state index contributed by atoms with van der Waals surface area (Å²) in [6.07, 6.45) is 1.92. The van der Waals surface area contributed by atoms with E-state index in [0.717, 1.165) is 18.4 Å². The average Bonchev–Trinajstić information content (AvgIpc) is 3.11. The van der Waals surface area contributed by atoms with Crippen LogP contribution in [-0.2, 0) is 11.3 Å². The third-order valence-electron chi connectivity index (χ3n) is 3.41. The van der Waals surface area contributed by atoms with Gasteiger partial charge in [0.2, 0.25) is 0 Å². The highest BCUT2D eigenvalue weighted by Crippen LogP contribution is 2.39. The second-order valence-corrected chi connectivity index (χ2v) is 4.76. The number of nitrogens with one attached hydrogen (secondary N) is 1. The van der Waals surface area contributed by atoms with Crippen molar-refractivity contribution in [1.82, 2.24) is 5.32 Å². The summed E-state index contributed by atoms with van der Waals surface area (Å²) in [5, 5.41) is 12.3. The second-order valence-electron chi connectivity index (χ2n) is 4.76. The van der Waals surface area contributed by atoms with Gasteiger partial charge in [-0.15, -0.1) is 0 Å². The molecular weight excluding hydrogens is 221 g/mol. The van der Waals surface area contributed by atoms with E-state index in [2.05, 4.69) is 5.32 Å². The minimum absolute atomic E-state index is 0.209. The smallest absolute Gasteiger partial charge is 0.323 e. The van der Waals surface area contributed by atoms with E-state index in [1.54, 1.807) is 19.1 Å². The van der Waals surface area contributed by atoms with Gasteiger partial charge in [-0.25, -0.2) is 4.39 Å². The molecule has 2 N–H and O–H groups in total.